The highest BCUT2D eigenvalue weighted by Gasteiger charge is 2.21. The van der Waals surface area contributed by atoms with Gasteiger partial charge in [-0.1, -0.05) is 19.9 Å². The van der Waals surface area contributed by atoms with E-state index in [1.54, 1.807) is 10.7 Å². The number of para-hydroxylation sites is 1. The maximum Gasteiger partial charge on any atom is 0.339 e. The van der Waals surface area contributed by atoms with Crippen molar-refractivity contribution in [1.82, 2.24) is 14.8 Å². The molecule has 0 spiro atoms. The third-order valence-corrected chi connectivity index (χ3v) is 4.45. The van der Waals surface area contributed by atoms with Gasteiger partial charge >= 0.3 is 5.97 Å². The van der Waals surface area contributed by atoms with Crippen molar-refractivity contribution in [1.29, 1.82) is 0 Å². The number of esters is 1. The Morgan fingerprint density at radius 2 is 1.83 bits per heavy atom. The van der Waals surface area contributed by atoms with Crippen molar-refractivity contribution < 1.29 is 23.1 Å². The number of ether oxygens (including phenoxy) is 1. The van der Waals surface area contributed by atoms with Crippen molar-refractivity contribution in [2.24, 2.45) is 0 Å². The standard InChI is InChI=1S/C21H22F2N4O3/c1-11(2)17-8-13(14-9-24-27(12(3)4)20(14)25-17)21(29)30-10-18(28)26-19-15(22)6-5-7-16(19)23/h5-9,11-12H,10H2,1-4H3,(H,26,28). The van der Waals surface area contributed by atoms with Gasteiger partial charge in [0.05, 0.1) is 17.1 Å². The molecular formula is C21H22F2N4O3. The molecule has 0 unspecified atom stereocenters. The molecule has 3 aromatic rings. The maximum atomic E-state index is 13.7. The minimum Gasteiger partial charge on any atom is -0.452 e. The summed E-state index contributed by atoms with van der Waals surface area (Å²) in [6.45, 7) is 7.07. The summed E-state index contributed by atoms with van der Waals surface area (Å²) in [6.07, 6.45) is 1.53. The summed E-state index contributed by atoms with van der Waals surface area (Å²) in [7, 11) is 0. The van der Waals surface area contributed by atoms with E-state index in [0.29, 0.717) is 16.7 Å². The van der Waals surface area contributed by atoms with Crippen LogP contribution in [0.4, 0.5) is 14.5 Å². The summed E-state index contributed by atoms with van der Waals surface area (Å²) in [5.74, 6) is -3.42. The molecule has 1 N–H and O–H groups in total. The van der Waals surface area contributed by atoms with Crippen LogP contribution in [0.5, 0.6) is 0 Å². The first-order valence-corrected chi connectivity index (χ1v) is 9.48. The Labute approximate surface area is 172 Å². The first kappa shape index (κ1) is 21.4. The summed E-state index contributed by atoms with van der Waals surface area (Å²) >= 11 is 0. The molecule has 0 aliphatic carbocycles. The third kappa shape index (κ3) is 4.29. The van der Waals surface area contributed by atoms with Gasteiger partial charge in [0.2, 0.25) is 0 Å². The van der Waals surface area contributed by atoms with E-state index in [0.717, 1.165) is 12.1 Å². The molecule has 158 valence electrons. The normalized spacial score (nSPS) is 11.3. The molecule has 0 radical (unpaired) electrons. The number of benzene rings is 1. The Balaban J connectivity index is 1.82. The molecule has 2 aromatic heterocycles. The number of carbonyl (C=O) groups excluding carboxylic acids is 2. The zero-order valence-corrected chi connectivity index (χ0v) is 17.1. The van der Waals surface area contributed by atoms with E-state index in [4.69, 9.17) is 4.74 Å². The van der Waals surface area contributed by atoms with E-state index >= 15 is 0 Å². The molecule has 0 aliphatic rings. The number of fused-ring (bicyclic) bond motifs is 1. The van der Waals surface area contributed by atoms with Gasteiger partial charge in [-0.3, -0.25) is 4.79 Å². The second-order valence-corrected chi connectivity index (χ2v) is 7.39. The van der Waals surface area contributed by atoms with Gasteiger partial charge < -0.3 is 10.1 Å². The summed E-state index contributed by atoms with van der Waals surface area (Å²) in [4.78, 5) is 29.3. The highest BCUT2D eigenvalue weighted by Crippen LogP contribution is 2.25. The van der Waals surface area contributed by atoms with Crippen LogP contribution >= 0.6 is 0 Å². The average molecular weight is 416 g/mol. The van der Waals surface area contributed by atoms with Crippen LogP contribution < -0.4 is 5.32 Å². The lowest BCUT2D eigenvalue weighted by atomic mass is 10.1. The quantitative estimate of drug-likeness (QED) is 0.609. The molecule has 0 aliphatic heterocycles. The lowest BCUT2D eigenvalue weighted by Gasteiger charge is -2.12. The van der Waals surface area contributed by atoms with Crippen molar-refractivity contribution >= 4 is 28.6 Å². The molecule has 7 nitrogen and oxygen atoms in total. The number of pyridine rings is 1. The number of carbonyl (C=O) groups is 2. The van der Waals surface area contributed by atoms with Gasteiger partial charge in [-0.05, 0) is 38.0 Å². The van der Waals surface area contributed by atoms with Crippen LogP contribution in [0.1, 0.15) is 55.7 Å². The Morgan fingerprint density at radius 1 is 1.17 bits per heavy atom. The van der Waals surface area contributed by atoms with Crippen molar-refractivity contribution in [2.75, 3.05) is 11.9 Å². The molecule has 3 rings (SSSR count). The fourth-order valence-corrected chi connectivity index (χ4v) is 2.88. The molecule has 1 amide bonds. The number of rotatable bonds is 6. The summed E-state index contributed by atoms with van der Waals surface area (Å²) < 4.78 is 34.1. The van der Waals surface area contributed by atoms with Crippen LogP contribution in [0.3, 0.4) is 0 Å². The van der Waals surface area contributed by atoms with E-state index in [9.17, 15) is 18.4 Å². The number of halogens is 2. The molecule has 1 aromatic carbocycles. The van der Waals surface area contributed by atoms with E-state index < -0.39 is 35.8 Å². The SMILES string of the molecule is CC(C)c1cc(C(=O)OCC(=O)Nc2c(F)cccc2F)c2cnn(C(C)C)c2n1. The van der Waals surface area contributed by atoms with Crippen molar-refractivity contribution in [2.45, 2.75) is 39.7 Å². The van der Waals surface area contributed by atoms with Crippen molar-refractivity contribution in [3.05, 3.63) is 53.4 Å². The lowest BCUT2D eigenvalue weighted by Crippen LogP contribution is -2.22. The lowest BCUT2D eigenvalue weighted by molar-refractivity contribution is -0.119. The highest BCUT2D eigenvalue weighted by atomic mass is 19.1. The highest BCUT2D eigenvalue weighted by molar-refractivity contribution is 6.03. The van der Waals surface area contributed by atoms with E-state index in [1.165, 1.54) is 12.3 Å². The Bertz CT molecular complexity index is 1090. The van der Waals surface area contributed by atoms with Crippen LogP contribution in [0.25, 0.3) is 11.0 Å². The Kier molecular flexibility index (Phi) is 6.09. The number of nitrogens with one attached hydrogen (secondary N) is 1. The molecule has 0 fully saturated rings. The first-order chi connectivity index (χ1) is 14.2. The van der Waals surface area contributed by atoms with Gasteiger partial charge in [0.25, 0.3) is 5.91 Å². The van der Waals surface area contributed by atoms with Crippen LogP contribution in [-0.4, -0.2) is 33.2 Å². The minimum absolute atomic E-state index is 0.0303. The van der Waals surface area contributed by atoms with Gasteiger partial charge in [-0.25, -0.2) is 23.2 Å². The molecule has 2 heterocycles. The number of hydrogen-bond donors (Lipinski definition) is 1. The number of nitrogens with zero attached hydrogens (tertiary/aromatic N) is 3. The van der Waals surface area contributed by atoms with Crippen molar-refractivity contribution in [3.63, 3.8) is 0 Å². The van der Waals surface area contributed by atoms with Crippen LogP contribution in [0, 0.1) is 11.6 Å². The van der Waals surface area contributed by atoms with E-state index in [1.807, 2.05) is 27.7 Å². The molecule has 0 bridgehead atoms. The summed E-state index contributed by atoms with van der Waals surface area (Å²) in [5, 5.41) is 6.87. The fraction of sp³-hybridized carbons (Fsp3) is 0.333. The summed E-state index contributed by atoms with van der Waals surface area (Å²) in [5.41, 5.74) is 0.849. The molecular weight excluding hydrogens is 394 g/mol. The summed E-state index contributed by atoms with van der Waals surface area (Å²) in [6, 6.07) is 4.84. The number of aromatic nitrogens is 3. The van der Waals surface area contributed by atoms with Gasteiger partial charge in [0.15, 0.2) is 12.3 Å². The zero-order valence-electron chi connectivity index (χ0n) is 17.1. The Morgan fingerprint density at radius 3 is 2.43 bits per heavy atom. The number of anilines is 1. The van der Waals surface area contributed by atoms with Crippen LogP contribution in [-0.2, 0) is 9.53 Å². The predicted molar refractivity (Wildman–Crippen MR) is 107 cm³/mol. The topological polar surface area (TPSA) is 86.1 Å². The molecule has 30 heavy (non-hydrogen) atoms. The van der Waals surface area contributed by atoms with Gasteiger partial charge in [-0.2, -0.15) is 5.10 Å². The largest absolute Gasteiger partial charge is 0.452 e. The first-order valence-electron chi connectivity index (χ1n) is 9.48. The minimum atomic E-state index is -0.923. The number of hydrogen-bond acceptors (Lipinski definition) is 5. The van der Waals surface area contributed by atoms with Gasteiger partial charge in [-0.15, -0.1) is 0 Å². The van der Waals surface area contributed by atoms with Gasteiger partial charge in [0.1, 0.15) is 17.3 Å². The maximum absolute atomic E-state index is 13.7. The third-order valence-electron chi connectivity index (χ3n) is 4.45. The smallest absolute Gasteiger partial charge is 0.339 e. The average Bonchev–Trinajstić information content (AvgIpc) is 3.12. The van der Waals surface area contributed by atoms with Crippen LogP contribution in [0.2, 0.25) is 0 Å². The predicted octanol–water partition coefficient (Wildman–Crippen LogP) is 4.21. The van der Waals surface area contributed by atoms with E-state index in [2.05, 4.69) is 15.4 Å². The zero-order chi connectivity index (χ0) is 22.0. The molecule has 9 heteroatoms. The second kappa shape index (κ2) is 8.56. The monoisotopic (exact) mass is 416 g/mol. The van der Waals surface area contributed by atoms with Crippen molar-refractivity contribution in [3.8, 4) is 0 Å². The molecule has 0 saturated carbocycles. The Hall–Kier alpha value is -3.36. The van der Waals surface area contributed by atoms with Crippen LogP contribution in [0.15, 0.2) is 30.5 Å². The van der Waals surface area contributed by atoms with Gasteiger partial charge in [0, 0.05) is 11.7 Å². The number of amides is 1. The molecule has 0 saturated heterocycles. The fourth-order valence-electron chi connectivity index (χ4n) is 2.88. The second-order valence-electron chi connectivity index (χ2n) is 7.39. The van der Waals surface area contributed by atoms with E-state index in [-0.39, 0.29) is 17.5 Å². The molecule has 0 atom stereocenters.